The van der Waals surface area contributed by atoms with E-state index >= 15 is 0 Å². The Bertz CT molecular complexity index is 181. The van der Waals surface area contributed by atoms with Gasteiger partial charge in [-0.25, -0.2) is 0 Å². The number of hydrogen-bond donors (Lipinski definition) is 2. The van der Waals surface area contributed by atoms with Gasteiger partial charge in [0.15, 0.2) is 0 Å². The fourth-order valence-corrected chi connectivity index (χ4v) is 0.997. The van der Waals surface area contributed by atoms with Gasteiger partial charge in [-0.2, -0.15) is 0 Å². The second kappa shape index (κ2) is 5.98. The summed E-state index contributed by atoms with van der Waals surface area (Å²) in [6.07, 6.45) is 0.960. The summed E-state index contributed by atoms with van der Waals surface area (Å²) in [5.74, 6) is -0.312. The first kappa shape index (κ1) is 13.4. The van der Waals surface area contributed by atoms with Crippen LogP contribution in [0.2, 0.25) is 0 Å². The Balaban J connectivity index is 3.80. The summed E-state index contributed by atoms with van der Waals surface area (Å²) in [7, 11) is 1.69. The van der Waals surface area contributed by atoms with Crippen molar-refractivity contribution in [3.05, 3.63) is 0 Å². The lowest BCUT2D eigenvalue weighted by atomic mass is 9.89. The summed E-state index contributed by atoms with van der Waals surface area (Å²) in [6, 6.07) is -0.267. The van der Waals surface area contributed by atoms with Gasteiger partial charge in [0.2, 0.25) is 5.91 Å². The van der Waals surface area contributed by atoms with E-state index in [9.17, 15) is 4.79 Å². The lowest BCUT2D eigenvalue weighted by Gasteiger charge is -2.26. The van der Waals surface area contributed by atoms with Crippen molar-refractivity contribution in [2.75, 3.05) is 20.3 Å². The van der Waals surface area contributed by atoms with Gasteiger partial charge >= 0.3 is 0 Å². The van der Waals surface area contributed by atoms with E-state index in [-0.39, 0.29) is 17.4 Å². The van der Waals surface area contributed by atoms with Crippen LogP contribution in [-0.4, -0.2) is 32.2 Å². The minimum absolute atomic E-state index is 0.125. The third-order valence-corrected chi connectivity index (χ3v) is 2.30. The van der Waals surface area contributed by atoms with Crippen molar-refractivity contribution < 1.29 is 9.53 Å². The van der Waals surface area contributed by atoms with Gasteiger partial charge in [-0.15, -0.1) is 0 Å². The van der Waals surface area contributed by atoms with Crippen LogP contribution in [0.4, 0.5) is 0 Å². The number of amides is 1. The van der Waals surface area contributed by atoms with E-state index in [0.29, 0.717) is 0 Å². The van der Waals surface area contributed by atoms with Gasteiger partial charge in [-0.05, 0) is 18.8 Å². The molecule has 14 heavy (non-hydrogen) atoms. The molecule has 0 aromatic carbocycles. The predicted molar refractivity (Wildman–Crippen MR) is 56.9 cm³/mol. The van der Waals surface area contributed by atoms with Crippen LogP contribution in [0.25, 0.3) is 0 Å². The van der Waals surface area contributed by atoms with E-state index in [1.165, 1.54) is 0 Å². The second-order valence-corrected chi connectivity index (χ2v) is 4.41. The molecule has 0 saturated heterocycles. The Kier molecular flexibility index (Phi) is 5.72. The lowest BCUT2D eigenvalue weighted by molar-refractivity contribution is -0.119. The Morgan fingerprint density at radius 3 is 2.57 bits per heavy atom. The van der Waals surface area contributed by atoms with E-state index in [2.05, 4.69) is 19.2 Å². The lowest BCUT2D eigenvalue weighted by Crippen LogP contribution is -2.43. The summed E-state index contributed by atoms with van der Waals surface area (Å²) >= 11 is 0. The molecule has 4 heteroatoms. The fraction of sp³-hybridized carbons (Fsp3) is 0.900. The molecule has 3 N–H and O–H groups in total. The van der Waals surface area contributed by atoms with E-state index in [0.717, 1.165) is 19.6 Å². The van der Waals surface area contributed by atoms with E-state index in [1.807, 2.05) is 0 Å². The van der Waals surface area contributed by atoms with Gasteiger partial charge in [-0.3, -0.25) is 4.79 Å². The largest absolute Gasteiger partial charge is 0.385 e. The summed E-state index contributed by atoms with van der Waals surface area (Å²) < 4.78 is 5.01. The van der Waals surface area contributed by atoms with Crippen LogP contribution in [0.15, 0.2) is 0 Å². The van der Waals surface area contributed by atoms with Crippen molar-refractivity contribution >= 4 is 5.91 Å². The van der Waals surface area contributed by atoms with Crippen LogP contribution < -0.4 is 11.1 Å². The van der Waals surface area contributed by atoms with Crippen LogP contribution in [0.1, 0.15) is 27.2 Å². The monoisotopic (exact) mass is 202 g/mol. The molecule has 84 valence electrons. The van der Waals surface area contributed by atoms with Crippen LogP contribution in [0.5, 0.6) is 0 Å². The van der Waals surface area contributed by atoms with Crippen LogP contribution in [0, 0.1) is 5.41 Å². The SMILES string of the molecule is COCCC(C)(C)CNC(C)C(N)=O. The zero-order valence-electron chi connectivity index (χ0n) is 9.59. The maximum absolute atomic E-state index is 10.8. The van der Waals surface area contributed by atoms with Crippen LogP contribution in [0.3, 0.4) is 0 Å². The molecule has 0 aliphatic rings. The second-order valence-electron chi connectivity index (χ2n) is 4.41. The molecule has 0 radical (unpaired) electrons. The average Bonchev–Trinajstić information content (AvgIpc) is 2.11. The third kappa shape index (κ3) is 5.94. The Morgan fingerprint density at radius 2 is 2.14 bits per heavy atom. The number of primary amides is 1. The standard InChI is InChI=1S/C10H22N2O2/c1-8(9(11)13)12-7-10(2,3)5-6-14-4/h8,12H,5-7H2,1-4H3,(H2,11,13). The number of carbonyl (C=O) groups excluding carboxylic acids is 1. The molecule has 0 fully saturated rings. The highest BCUT2D eigenvalue weighted by molar-refractivity contribution is 5.79. The number of nitrogens with one attached hydrogen (secondary N) is 1. The Hall–Kier alpha value is -0.610. The molecule has 0 spiro atoms. The highest BCUT2D eigenvalue weighted by Crippen LogP contribution is 2.18. The summed E-state index contributed by atoms with van der Waals surface area (Å²) in [6.45, 7) is 7.54. The first-order chi connectivity index (χ1) is 6.39. The first-order valence-electron chi connectivity index (χ1n) is 4.91. The topological polar surface area (TPSA) is 64.3 Å². The van der Waals surface area contributed by atoms with Crippen molar-refractivity contribution in [1.82, 2.24) is 5.32 Å². The molecule has 0 heterocycles. The molecule has 0 saturated carbocycles. The summed E-state index contributed by atoms with van der Waals surface area (Å²) in [4.78, 5) is 10.8. The molecule has 0 bridgehead atoms. The highest BCUT2D eigenvalue weighted by Gasteiger charge is 2.19. The summed E-state index contributed by atoms with van der Waals surface area (Å²) in [5.41, 5.74) is 5.26. The minimum Gasteiger partial charge on any atom is -0.385 e. The molecule has 0 rings (SSSR count). The van der Waals surface area contributed by atoms with Crippen molar-refractivity contribution in [3.8, 4) is 0 Å². The molecule has 1 amide bonds. The molecule has 0 aromatic rings. The summed E-state index contributed by atoms with van der Waals surface area (Å²) in [5, 5.41) is 3.10. The molecule has 1 unspecified atom stereocenters. The van der Waals surface area contributed by atoms with Crippen LogP contribution >= 0.6 is 0 Å². The van der Waals surface area contributed by atoms with Crippen molar-refractivity contribution in [2.45, 2.75) is 33.2 Å². The van der Waals surface area contributed by atoms with E-state index < -0.39 is 0 Å². The molecular formula is C10H22N2O2. The smallest absolute Gasteiger partial charge is 0.234 e. The highest BCUT2D eigenvalue weighted by atomic mass is 16.5. The predicted octanol–water partition coefficient (Wildman–Crippen LogP) is 0.513. The number of rotatable bonds is 7. The minimum atomic E-state index is -0.312. The van der Waals surface area contributed by atoms with Crippen molar-refractivity contribution in [2.24, 2.45) is 11.1 Å². The molecule has 0 aliphatic heterocycles. The normalized spacial score (nSPS) is 14.0. The third-order valence-electron chi connectivity index (χ3n) is 2.30. The average molecular weight is 202 g/mol. The number of nitrogens with two attached hydrogens (primary N) is 1. The molecule has 4 nitrogen and oxygen atoms in total. The zero-order valence-corrected chi connectivity index (χ0v) is 9.59. The van der Waals surface area contributed by atoms with Gasteiger partial charge < -0.3 is 15.8 Å². The van der Waals surface area contributed by atoms with Crippen LogP contribution in [-0.2, 0) is 9.53 Å². The number of carbonyl (C=O) groups is 1. The van der Waals surface area contributed by atoms with Gasteiger partial charge in [0.05, 0.1) is 6.04 Å². The number of ether oxygens (including phenoxy) is 1. The molecular weight excluding hydrogens is 180 g/mol. The molecule has 1 atom stereocenters. The Labute approximate surface area is 86.2 Å². The molecule has 0 aliphatic carbocycles. The van der Waals surface area contributed by atoms with Gasteiger partial charge in [0.1, 0.15) is 0 Å². The van der Waals surface area contributed by atoms with Gasteiger partial charge in [-0.1, -0.05) is 13.8 Å². The maximum Gasteiger partial charge on any atom is 0.234 e. The quantitative estimate of drug-likeness (QED) is 0.632. The van der Waals surface area contributed by atoms with Gasteiger partial charge in [0, 0.05) is 20.3 Å². The van der Waals surface area contributed by atoms with Crippen molar-refractivity contribution in [1.29, 1.82) is 0 Å². The Morgan fingerprint density at radius 1 is 1.57 bits per heavy atom. The zero-order chi connectivity index (χ0) is 11.2. The van der Waals surface area contributed by atoms with E-state index in [4.69, 9.17) is 10.5 Å². The molecule has 0 aromatic heterocycles. The fourth-order valence-electron chi connectivity index (χ4n) is 0.997. The number of hydrogen-bond acceptors (Lipinski definition) is 3. The van der Waals surface area contributed by atoms with E-state index in [1.54, 1.807) is 14.0 Å². The first-order valence-corrected chi connectivity index (χ1v) is 4.91. The van der Waals surface area contributed by atoms with Crippen molar-refractivity contribution in [3.63, 3.8) is 0 Å². The maximum atomic E-state index is 10.8. The number of methoxy groups -OCH3 is 1. The van der Waals surface area contributed by atoms with Gasteiger partial charge in [0.25, 0.3) is 0 Å².